The first kappa shape index (κ1) is 21.1. The van der Waals surface area contributed by atoms with E-state index in [9.17, 15) is 4.79 Å². The van der Waals surface area contributed by atoms with Gasteiger partial charge < -0.3 is 4.74 Å². The van der Waals surface area contributed by atoms with Crippen molar-refractivity contribution in [3.63, 3.8) is 0 Å². The molecule has 1 saturated carbocycles. The minimum absolute atomic E-state index is 0.110. The number of ether oxygens (including phenoxy) is 1. The van der Waals surface area contributed by atoms with Crippen molar-refractivity contribution in [2.24, 2.45) is 17.8 Å². The summed E-state index contributed by atoms with van der Waals surface area (Å²) in [6, 6.07) is 8.10. The number of benzene rings is 1. The van der Waals surface area contributed by atoms with E-state index in [-0.39, 0.29) is 12.1 Å². The second kappa shape index (κ2) is 10.3. The molecule has 1 aromatic carbocycles. The fourth-order valence-corrected chi connectivity index (χ4v) is 4.80. The topological polar surface area (TPSA) is 26.3 Å². The molecule has 0 heterocycles. The largest absolute Gasteiger partial charge is 0.459 e. The molecule has 2 nitrogen and oxygen atoms in total. The lowest BCUT2D eigenvalue weighted by Gasteiger charge is -2.27. The van der Waals surface area contributed by atoms with Crippen molar-refractivity contribution in [1.29, 1.82) is 0 Å². The number of rotatable bonds is 7. The first-order valence-electron chi connectivity index (χ1n) is 11.6. The molecule has 1 fully saturated rings. The van der Waals surface area contributed by atoms with Crippen molar-refractivity contribution < 1.29 is 9.53 Å². The van der Waals surface area contributed by atoms with Gasteiger partial charge in [-0.15, -0.1) is 0 Å². The average molecular weight is 383 g/mol. The fourth-order valence-electron chi connectivity index (χ4n) is 4.80. The van der Waals surface area contributed by atoms with E-state index in [1.54, 1.807) is 0 Å². The molecule has 0 saturated heterocycles. The second-order valence-corrected chi connectivity index (χ2v) is 9.15. The van der Waals surface area contributed by atoms with Crippen LogP contribution in [0.4, 0.5) is 0 Å². The molecular formula is C26H38O2. The van der Waals surface area contributed by atoms with Crippen LogP contribution in [0.2, 0.25) is 0 Å². The molecule has 0 N–H and O–H groups in total. The molecule has 2 aliphatic rings. The van der Waals surface area contributed by atoms with Crippen molar-refractivity contribution in [3.8, 4) is 0 Å². The van der Waals surface area contributed by atoms with E-state index in [4.69, 9.17) is 4.74 Å². The fraction of sp³-hybridized carbons (Fsp3) is 0.654. The van der Waals surface area contributed by atoms with Crippen LogP contribution in [0.15, 0.2) is 30.3 Å². The molecule has 0 bridgehead atoms. The summed E-state index contributed by atoms with van der Waals surface area (Å²) in [6.07, 6.45) is 14.5. The number of carbonyl (C=O) groups is 1. The van der Waals surface area contributed by atoms with Crippen LogP contribution in [0.1, 0.15) is 101 Å². The molecule has 2 atom stereocenters. The van der Waals surface area contributed by atoms with E-state index in [2.05, 4.69) is 39.0 Å². The molecule has 0 spiro atoms. The average Bonchev–Trinajstić information content (AvgIpc) is 2.75. The molecule has 3 rings (SSSR count). The lowest BCUT2D eigenvalue weighted by molar-refractivity contribution is 0.0164. The van der Waals surface area contributed by atoms with Crippen molar-refractivity contribution >= 4 is 11.5 Å². The van der Waals surface area contributed by atoms with Crippen LogP contribution in [0, 0.1) is 17.8 Å². The van der Waals surface area contributed by atoms with Gasteiger partial charge in [-0.05, 0) is 92.4 Å². The number of hydrogen-bond donors (Lipinski definition) is 0. The van der Waals surface area contributed by atoms with E-state index in [0.29, 0.717) is 5.56 Å². The lowest BCUT2D eigenvalue weighted by atomic mass is 9.81. The minimum atomic E-state index is -0.155. The predicted octanol–water partition coefficient (Wildman–Crippen LogP) is 7.43. The van der Waals surface area contributed by atoms with Crippen LogP contribution in [-0.4, -0.2) is 12.1 Å². The van der Waals surface area contributed by atoms with Crippen LogP contribution in [0.25, 0.3) is 5.57 Å². The van der Waals surface area contributed by atoms with Gasteiger partial charge in [0.05, 0.1) is 5.56 Å². The van der Waals surface area contributed by atoms with Gasteiger partial charge in [-0.1, -0.05) is 51.8 Å². The molecule has 0 aliphatic heterocycles. The van der Waals surface area contributed by atoms with E-state index in [1.165, 1.54) is 56.1 Å². The maximum absolute atomic E-state index is 12.5. The smallest absolute Gasteiger partial charge is 0.338 e. The Hall–Kier alpha value is -1.57. The Morgan fingerprint density at radius 1 is 1.04 bits per heavy atom. The van der Waals surface area contributed by atoms with Crippen LogP contribution in [0.5, 0.6) is 0 Å². The Morgan fingerprint density at radius 3 is 2.32 bits per heavy atom. The third-order valence-corrected chi connectivity index (χ3v) is 7.09. The van der Waals surface area contributed by atoms with Crippen molar-refractivity contribution in [3.05, 3.63) is 41.5 Å². The van der Waals surface area contributed by atoms with Gasteiger partial charge in [0.25, 0.3) is 0 Å². The van der Waals surface area contributed by atoms with Crippen molar-refractivity contribution in [2.45, 2.75) is 91.1 Å². The quantitative estimate of drug-likeness (QED) is 0.458. The zero-order valence-electron chi connectivity index (χ0n) is 18.1. The summed E-state index contributed by atoms with van der Waals surface area (Å²) in [4.78, 5) is 12.5. The van der Waals surface area contributed by atoms with Crippen LogP contribution >= 0.6 is 0 Å². The molecule has 154 valence electrons. The van der Waals surface area contributed by atoms with Gasteiger partial charge in [0.1, 0.15) is 6.10 Å². The summed E-state index contributed by atoms with van der Waals surface area (Å²) in [5.74, 6) is 2.35. The molecule has 0 amide bonds. The van der Waals surface area contributed by atoms with Gasteiger partial charge in [-0.2, -0.15) is 0 Å². The van der Waals surface area contributed by atoms with Gasteiger partial charge in [-0.25, -0.2) is 4.79 Å². The summed E-state index contributed by atoms with van der Waals surface area (Å²) in [5.41, 5.74) is 3.40. The van der Waals surface area contributed by atoms with Crippen molar-refractivity contribution in [1.82, 2.24) is 0 Å². The van der Waals surface area contributed by atoms with E-state index < -0.39 is 0 Å². The first-order valence-corrected chi connectivity index (χ1v) is 11.6. The third kappa shape index (κ3) is 5.72. The van der Waals surface area contributed by atoms with Crippen LogP contribution < -0.4 is 0 Å². The Bertz CT molecular complexity index is 650. The number of hydrogen-bond acceptors (Lipinski definition) is 2. The van der Waals surface area contributed by atoms with Crippen LogP contribution in [-0.2, 0) is 4.74 Å². The lowest BCUT2D eigenvalue weighted by Crippen LogP contribution is -2.24. The molecule has 0 radical (unpaired) electrons. The maximum Gasteiger partial charge on any atom is 0.338 e. The van der Waals surface area contributed by atoms with E-state index in [1.807, 2.05) is 12.1 Å². The first-order chi connectivity index (χ1) is 13.6. The number of carbonyl (C=O) groups excluding carboxylic acids is 1. The van der Waals surface area contributed by atoms with Gasteiger partial charge in [0.2, 0.25) is 0 Å². The summed E-state index contributed by atoms with van der Waals surface area (Å²) in [6.45, 7) is 6.91. The monoisotopic (exact) mass is 382 g/mol. The number of allylic oxidation sites excluding steroid dienone is 2. The van der Waals surface area contributed by atoms with Gasteiger partial charge in [-0.3, -0.25) is 0 Å². The summed E-state index contributed by atoms with van der Waals surface area (Å²) >= 11 is 0. The van der Waals surface area contributed by atoms with Gasteiger partial charge in [0.15, 0.2) is 0 Å². The summed E-state index contributed by atoms with van der Waals surface area (Å²) in [7, 11) is 0. The van der Waals surface area contributed by atoms with Crippen LogP contribution in [0.3, 0.4) is 0 Å². The highest BCUT2D eigenvalue weighted by Gasteiger charge is 2.23. The molecule has 2 aliphatic carbocycles. The second-order valence-electron chi connectivity index (χ2n) is 9.15. The Balaban J connectivity index is 1.51. The highest BCUT2D eigenvalue weighted by Crippen LogP contribution is 2.34. The Morgan fingerprint density at radius 2 is 1.75 bits per heavy atom. The van der Waals surface area contributed by atoms with Crippen molar-refractivity contribution in [2.75, 3.05) is 0 Å². The summed E-state index contributed by atoms with van der Waals surface area (Å²) < 4.78 is 5.76. The molecule has 2 unspecified atom stereocenters. The zero-order chi connectivity index (χ0) is 19.9. The highest BCUT2D eigenvalue weighted by molar-refractivity contribution is 5.90. The maximum atomic E-state index is 12.5. The number of esters is 1. The zero-order valence-corrected chi connectivity index (χ0v) is 18.1. The standard InChI is InChI=1S/C26H38O2/c1-4-19(3)18-21-6-10-22(11-7-21)23-12-14-24(15-13-23)26(27)28-25-16-8-20(5-2)9-17-25/h10,12-15,19-21,25H,4-9,11,16-18H2,1-3H3. The van der Waals surface area contributed by atoms with E-state index >= 15 is 0 Å². The predicted molar refractivity (Wildman–Crippen MR) is 117 cm³/mol. The Labute approximate surface area is 171 Å². The highest BCUT2D eigenvalue weighted by atomic mass is 16.5. The SMILES string of the molecule is CCC(C)CC1CC=C(c2ccc(C(=O)OC3CCC(CC)CC3)cc2)CC1. The summed E-state index contributed by atoms with van der Waals surface area (Å²) in [5, 5.41) is 0. The molecule has 0 aromatic heterocycles. The normalized spacial score (nSPS) is 26.4. The van der Waals surface area contributed by atoms with Gasteiger partial charge in [0, 0.05) is 0 Å². The van der Waals surface area contributed by atoms with Gasteiger partial charge >= 0.3 is 5.97 Å². The molecular weight excluding hydrogens is 344 g/mol. The third-order valence-electron chi connectivity index (χ3n) is 7.09. The van der Waals surface area contributed by atoms with E-state index in [0.717, 1.165) is 37.0 Å². The molecule has 1 aromatic rings. The minimum Gasteiger partial charge on any atom is -0.459 e. The Kier molecular flexibility index (Phi) is 7.76. The molecule has 2 heteroatoms. The molecule has 28 heavy (non-hydrogen) atoms.